The average Bonchev–Trinajstić information content (AvgIpc) is 3.03. The summed E-state index contributed by atoms with van der Waals surface area (Å²) in [6.45, 7) is 9.78. The molecular formula is C27H44O3. The molecule has 3 fully saturated rings. The summed E-state index contributed by atoms with van der Waals surface area (Å²) < 4.78 is 0. The number of aliphatic hydroxyl groups excluding tert-OH is 3. The lowest BCUT2D eigenvalue weighted by Gasteiger charge is -2.44. The van der Waals surface area contributed by atoms with Crippen LogP contribution in [0, 0.1) is 29.1 Å². The van der Waals surface area contributed by atoms with Gasteiger partial charge in [0.25, 0.3) is 0 Å². The number of rotatable bonds is 6. The van der Waals surface area contributed by atoms with Crippen LogP contribution in [0.3, 0.4) is 0 Å². The lowest BCUT2D eigenvalue weighted by molar-refractivity contribution is 0.0893. The van der Waals surface area contributed by atoms with Crippen molar-refractivity contribution in [2.24, 2.45) is 29.1 Å². The quantitative estimate of drug-likeness (QED) is 0.497. The molecule has 170 valence electrons. The van der Waals surface area contributed by atoms with E-state index in [0.29, 0.717) is 36.2 Å². The summed E-state index contributed by atoms with van der Waals surface area (Å²) in [6.07, 6.45) is 14.6. The van der Waals surface area contributed by atoms with Crippen molar-refractivity contribution in [2.75, 3.05) is 6.61 Å². The SMILES string of the molecule is CC(C)C[C@H](C)C1CCC2/C(=C/C=C3C[C@@H](O)C(=CCCO)[C@H](O)C3)CCC[C@@]21C. The van der Waals surface area contributed by atoms with Crippen molar-refractivity contribution < 1.29 is 15.3 Å². The first-order chi connectivity index (χ1) is 14.3. The van der Waals surface area contributed by atoms with Crippen LogP contribution in [0.25, 0.3) is 0 Å². The van der Waals surface area contributed by atoms with Gasteiger partial charge in [-0.3, -0.25) is 0 Å². The summed E-state index contributed by atoms with van der Waals surface area (Å²) in [5.41, 5.74) is 3.85. The van der Waals surface area contributed by atoms with E-state index in [1.165, 1.54) is 38.5 Å². The molecule has 0 amide bonds. The predicted octanol–water partition coefficient (Wildman–Crippen LogP) is 5.56. The summed E-state index contributed by atoms with van der Waals surface area (Å²) in [6, 6.07) is 0. The van der Waals surface area contributed by atoms with Gasteiger partial charge in [-0.15, -0.1) is 0 Å². The van der Waals surface area contributed by atoms with E-state index >= 15 is 0 Å². The molecule has 0 aromatic heterocycles. The highest BCUT2D eigenvalue weighted by Crippen LogP contribution is 2.60. The Morgan fingerprint density at radius 1 is 1.07 bits per heavy atom. The van der Waals surface area contributed by atoms with E-state index in [1.54, 1.807) is 11.6 Å². The second-order valence-corrected chi connectivity index (χ2v) is 10.9. The zero-order valence-corrected chi connectivity index (χ0v) is 19.6. The number of aliphatic hydroxyl groups is 3. The fourth-order valence-electron chi connectivity index (χ4n) is 7.02. The van der Waals surface area contributed by atoms with Crippen LogP contribution in [0.4, 0.5) is 0 Å². The van der Waals surface area contributed by atoms with Crippen molar-refractivity contribution in [1.29, 1.82) is 0 Å². The minimum absolute atomic E-state index is 0.0503. The van der Waals surface area contributed by atoms with Crippen molar-refractivity contribution in [2.45, 2.75) is 97.7 Å². The molecule has 3 saturated carbocycles. The summed E-state index contributed by atoms with van der Waals surface area (Å²) in [7, 11) is 0. The van der Waals surface area contributed by atoms with Gasteiger partial charge in [-0.05, 0) is 92.4 Å². The topological polar surface area (TPSA) is 60.7 Å². The lowest BCUT2D eigenvalue weighted by Crippen LogP contribution is -2.36. The summed E-state index contributed by atoms with van der Waals surface area (Å²) >= 11 is 0. The Morgan fingerprint density at radius 2 is 1.77 bits per heavy atom. The molecule has 0 spiro atoms. The highest BCUT2D eigenvalue weighted by atomic mass is 16.3. The Labute approximate surface area is 184 Å². The van der Waals surface area contributed by atoms with E-state index in [1.807, 2.05) is 0 Å². The summed E-state index contributed by atoms with van der Waals surface area (Å²) in [5.74, 6) is 3.09. The molecule has 0 aliphatic heterocycles. The van der Waals surface area contributed by atoms with Gasteiger partial charge in [-0.25, -0.2) is 0 Å². The van der Waals surface area contributed by atoms with E-state index in [2.05, 4.69) is 39.8 Å². The molecule has 0 aromatic carbocycles. The van der Waals surface area contributed by atoms with E-state index in [-0.39, 0.29) is 6.61 Å². The first-order valence-corrected chi connectivity index (χ1v) is 12.3. The first-order valence-electron chi connectivity index (χ1n) is 12.3. The fraction of sp³-hybridized carbons (Fsp3) is 0.778. The molecule has 0 radical (unpaired) electrons. The molecule has 3 rings (SSSR count). The Balaban J connectivity index is 1.72. The largest absolute Gasteiger partial charge is 0.396 e. The highest BCUT2D eigenvalue weighted by Gasteiger charge is 2.50. The second-order valence-electron chi connectivity index (χ2n) is 10.9. The standard InChI is InChI=1S/C27H44O3/c1-18(2)15-19(3)23-11-12-24-21(7-5-13-27(23,24)4)10-9-20-16-25(29)22(8-6-14-28)26(30)17-20/h8-10,18-19,23-26,28-30H,5-7,11-17H2,1-4H3/b20-9?,21-10+,22-8?/t19-,23?,24?,25+,26+,27+/m0/s1. The van der Waals surface area contributed by atoms with Gasteiger partial charge in [0, 0.05) is 6.61 Å². The van der Waals surface area contributed by atoms with Crippen molar-refractivity contribution in [3.8, 4) is 0 Å². The van der Waals surface area contributed by atoms with Crippen molar-refractivity contribution >= 4 is 0 Å². The lowest BCUT2D eigenvalue weighted by atomic mass is 9.60. The second kappa shape index (κ2) is 10.1. The van der Waals surface area contributed by atoms with Crippen molar-refractivity contribution in [1.82, 2.24) is 0 Å². The van der Waals surface area contributed by atoms with Crippen molar-refractivity contribution in [3.63, 3.8) is 0 Å². The molecule has 3 aliphatic rings. The van der Waals surface area contributed by atoms with Gasteiger partial charge in [-0.1, -0.05) is 57.1 Å². The molecule has 3 nitrogen and oxygen atoms in total. The Kier molecular flexibility index (Phi) is 8.03. The molecule has 3 aliphatic carbocycles. The summed E-state index contributed by atoms with van der Waals surface area (Å²) in [5, 5.41) is 29.9. The maximum absolute atomic E-state index is 10.5. The molecule has 2 unspecified atom stereocenters. The molecule has 6 atom stereocenters. The fourth-order valence-corrected chi connectivity index (χ4v) is 7.02. The molecule has 3 N–H and O–H groups in total. The maximum atomic E-state index is 10.5. The minimum atomic E-state index is -0.630. The smallest absolute Gasteiger partial charge is 0.0812 e. The van der Waals surface area contributed by atoms with Crippen LogP contribution in [0.2, 0.25) is 0 Å². The first kappa shape index (κ1) is 23.8. The molecular weight excluding hydrogens is 372 g/mol. The van der Waals surface area contributed by atoms with Crippen LogP contribution in [0.5, 0.6) is 0 Å². The Morgan fingerprint density at radius 3 is 2.40 bits per heavy atom. The molecule has 0 bridgehead atoms. The van der Waals surface area contributed by atoms with E-state index in [0.717, 1.165) is 23.3 Å². The Bertz CT molecular complexity index is 658. The molecule has 30 heavy (non-hydrogen) atoms. The van der Waals surface area contributed by atoms with Crippen LogP contribution >= 0.6 is 0 Å². The average molecular weight is 417 g/mol. The predicted molar refractivity (Wildman–Crippen MR) is 124 cm³/mol. The minimum Gasteiger partial charge on any atom is -0.396 e. The number of fused-ring (bicyclic) bond motifs is 1. The van der Waals surface area contributed by atoms with Gasteiger partial charge in [0.05, 0.1) is 12.2 Å². The van der Waals surface area contributed by atoms with Gasteiger partial charge < -0.3 is 15.3 Å². The van der Waals surface area contributed by atoms with Crippen LogP contribution in [0.1, 0.15) is 85.5 Å². The zero-order chi connectivity index (χ0) is 21.9. The van der Waals surface area contributed by atoms with Gasteiger partial charge in [0.1, 0.15) is 0 Å². The molecule has 0 heterocycles. The van der Waals surface area contributed by atoms with E-state index in [9.17, 15) is 10.2 Å². The molecule has 3 heteroatoms. The zero-order valence-electron chi connectivity index (χ0n) is 19.6. The van der Waals surface area contributed by atoms with Gasteiger partial charge in [0.2, 0.25) is 0 Å². The third kappa shape index (κ3) is 5.11. The molecule has 0 saturated heterocycles. The summed E-state index contributed by atoms with van der Waals surface area (Å²) in [4.78, 5) is 0. The highest BCUT2D eigenvalue weighted by molar-refractivity contribution is 5.30. The molecule has 0 aromatic rings. The van der Waals surface area contributed by atoms with Crippen LogP contribution in [0.15, 0.2) is 34.9 Å². The van der Waals surface area contributed by atoms with Crippen LogP contribution < -0.4 is 0 Å². The third-order valence-electron chi connectivity index (χ3n) is 8.29. The number of hydrogen-bond donors (Lipinski definition) is 3. The van der Waals surface area contributed by atoms with Crippen LogP contribution in [-0.2, 0) is 0 Å². The van der Waals surface area contributed by atoms with Gasteiger partial charge >= 0.3 is 0 Å². The number of allylic oxidation sites excluding steroid dienone is 3. The van der Waals surface area contributed by atoms with Gasteiger partial charge in [0.15, 0.2) is 0 Å². The van der Waals surface area contributed by atoms with Crippen LogP contribution in [-0.4, -0.2) is 34.1 Å². The van der Waals surface area contributed by atoms with Crippen molar-refractivity contribution in [3.05, 3.63) is 34.9 Å². The maximum Gasteiger partial charge on any atom is 0.0812 e. The monoisotopic (exact) mass is 416 g/mol. The number of hydrogen-bond acceptors (Lipinski definition) is 3. The normalized spacial score (nSPS) is 36.9. The third-order valence-corrected chi connectivity index (χ3v) is 8.29. The Hall–Kier alpha value is -0.900. The van der Waals surface area contributed by atoms with E-state index in [4.69, 9.17) is 5.11 Å². The van der Waals surface area contributed by atoms with E-state index < -0.39 is 12.2 Å². The van der Waals surface area contributed by atoms with Gasteiger partial charge in [-0.2, -0.15) is 0 Å².